The summed E-state index contributed by atoms with van der Waals surface area (Å²) in [6.45, 7) is 5.31. The Balaban J connectivity index is 3.83. The van der Waals surface area contributed by atoms with Gasteiger partial charge in [-0.1, -0.05) is 6.58 Å². The predicted molar refractivity (Wildman–Crippen MR) is 44.5 cm³/mol. The number of esters is 1. The molecule has 1 amide bonds. The molecule has 0 aliphatic rings. The van der Waals surface area contributed by atoms with Gasteiger partial charge in [0.15, 0.2) is 0 Å². The van der Waals surface area contributed by atoms with Crippen molar-refractivity contribution in [3.63, 3.8) is 0 Å². The van der Waals surface area contributed by atoms with Crippen LogP contribution >= 0.6 is 0 Å². The van der Waals surface area contributed by atoms with E-state index in [1.807, 2.05) is 0 Å². The summed E-state index contributed by atoms with van der Waals surface area (Å²) in [4.78, 5) is 22.9. The lowest BCUT2D eigenvalue weighted by Gasteiger charge is -2.12. The molecule has 12 heavy (non-hydrogen) atoms. The van der Waals surface area contributed by atoms with Gasteiger partial charge in [-0.25, -0.2) is 0 Å². The Morgan fingerprint density at radius 3 is 2.58 bits per heavy atom. The topological polar surface area (TPSA) is 46.6 Å². The minimum absolute atomic E-state index is 0.0291. The van der Waals surface area contributed by atoms with Crippen molar-refractivity contribution < 1.29 is 14.3 Å². The molecule has 0 aliphatic heterocycles. The first-order valence-electron chi connectivity index (χ1n) is 3.65. The molecule has 0 bridgehead atoms. The molecule has 0 heterocycles. The highest BCUT2D eigenvalue weighted by Gasteiger charge is 2.09. The number of carbonyl (C=O) groups excluding carboxylic acids is 2. The van der Waals surface area contributed by atoms with Gasteiger partial charge in [0.1, 0.15) is 6.54 Å². The normalized spacial score (nSPS) is 8.83. The molecule has 4 nitrogen and oxygen atoms in total. The molecule has 0 atom stereocenters. The number of rotatable bonds is 4. The van der Waals surface area contributed by atoms with E-state index in [-0.39, 0.29) is 12.5 Å². The van der Waals surface area contributed by atoms with E-state index in [2.05, 4.69) is 11.3 Å². The number of carbonyl (C=O) groups is 2. The Morgan fingerprint density at radius 2 is 2.17 bits per heavy atom. The molecular weight excluding hydrogens is 158 g/mol. The van der Waals surface area contributed by atoms with Gasteiger partial charge in [0, 0.05) is 7.05 Å². The van der Waals surface area contributed by atoms with Crippen LogP contribution in [0.4, 0.5) is 0 Å². The Hall–Kier alpha value is -1.32. The molecule has 0 spiro atoms. The summed E-state index contributed by atoms with van der Waals surface area (Å²) in [7, 11) is 1.51. The maximum atomic E-state index is 10.9. The second kappa shape index (κ2) is 5.35. The van der Waals surface area contributed by atoms with Crippen molar-refractivity contribution in [3.05, 3.63) is 12.7 Å². The van der Waals surface area contributed by atoms with Gasteiger partial charge in [0.25, 0.3) is 0 Å². The molecule has 0 aliphatic carbocycles. The molecule has 0 aromatic rings. The van der Waals surface area contributed by atoms with E-state index in [4.69, 9.17) is 0 Å². The first-order chi connectivity index (χ1) is 5.61. The zero-order chi connectivity index (χ0) is 9.56. The SMILES string of the molecule is C=CC(=O)N(C)CC(=O)OCC. The summed E-state index contributed by atoms with van der Waals surface area (Å²) in [5, 5.41) is 0. The van der Waals surface area contributed by atoms with Gasteiger partial charge in [0.2, 0.25) is 5.91 Å². The average molecular weight is 171 g/mol. The second-order valence-electron chi connectivity index (χ2n) is 2.20. The fourth-order valence-electron chi connectivity index (χ4n) is 0.634. The third-order valence-corrected chi connectivity index (χ3v) is 1.22. The van der Waals surface area contributed by atoms with Crippen LogP contribution in [0.15, 0.2) is 12.7 Å². The van der Waals surface area contributed by atoms with Crippen LogP contribution in [0.2, 0.25) is 0 Å². The van der Waals surface area contributed by atoms with Crippen molar-refractivity contribution in [2.24, 2.45) is 0 Å². The fourth-order valence-corrected chi connectivity index (χ4v) is 0.634. The summed E-state index contributed by atoms with van der Waals surface area (Å²) in [6, 6.07) is 0. The van der Waals surface area contributed by atoms with E-state index < -0.39 is 5.97 Å². The number of nitrogens with zero attached hydrogens (tertiary/aromatic N) is 1. The summed E-state index contributed by atoms with van der Waals surface area (Å²) < 4.78 is 4.64. The van der Waals surface area contributed by atoms with Crippen LogP contribution in [0.3, 0.4) is 0 Å². The van der Waals surface area contributed by atoms with E-state index in [1.54, 1.807) is 6.92 Å². The van der Waals surface area contributed by atoms with Gasteiger partial charge in [-0.05, 0) is 13.0 Å². The molecule has 0 unspecified atom stereocenters. The molecule has 0 fully saturated rings. The number of likely N-dealkylation sites (N-methyl/N-ethyl adjacent to an activating group) is 1. The third-order valence-electron chi connectivity index (χ3n) is 1.22. The Bertz CT molecular complexity index is 189. The lowest BCUT2D eigenvalue weighted by Crippen LogP contribution is -2.31. The Labute approximate surface area is 71.8 Å². The summed E-state index contributed by atoms with van der Waals surface area (Å²) >= 11 is 0. The zero-order valence-corrected chi connectivity index (χ0v) is 7.37. The van der Waals surface area contributed by atoms with Gasteiger partial charge in [-0.15, -0.1) is 0 Å². The largest absolute Gasteiger partial charge is 0.465 e. The minimum Gasteiger partial charge on any atom is -0.465 e. The number of amides is 1. The first-order valence-corrected chi connectivity index (χ1v) is 3.65. The van der Waals surface area contributed by atoms with Gasteiger partial charge < -0.3 is 9.64 Å². The first kappa shape index (κ1) is 10.7. The van der Waals surface area contributed by atoms with Crippen molar-refractivity contribution in [3.8, 4) is 0 Å². The smallest absolute Gasteiger partial charge is 0.325 e. The van der Waals surface area contributed by atoms with E-state index in [9.17, 15) is 9.59 Å². The van der Waals surface area contributed by atoms with Gasteiger partial charge in [0.05, 0.1) is 6.61 Å². The van der Waals surface area contributed by atoms with Crippen LogP contribution in [-0.4, -0.2) is 37.0 Å². The van der Waals surface area contributed by atoms with E-state index in [0.29, 0.717) is 6.61 Å². The van der Waals surface area contributed by atoms with Crippen molar-refractivity contribution in [1.29, 1.82) is 0 Å². The summed E-state index contributed by atoms with van der Waals surface area (Å²) in [5.41, 5.74) is 0. The number of hydrogen-bond donors (Lipinski definition) is 0. The van der Waals surface area contributed by atoms with Crippen LogP contribution in [0, 0.1) is 0 Å². The summed E-state index contributed by atoms with van der Waals surface area (Å²) in [5.74, 6) is -0.696. The average Bonchev–Trinajstić information content (AvgIpc) is 2.03. The molecule has 0 rings (SSSR count). The maximum Gasteiger partial charge on any atom is 0.325 e. The fraction of sp³-hybridized carbons (Fsp3) is 0.500. The molecule has 0 saturated heterocycles. The minimum atomic E-state index is -0.407. The van der Waals surface area contributed by atoms with Gasteiger partial charge in [-0.2, -0.15) is 0 Å². The highest BCUT2D eigenvalue weighted by molar-refractivity contribution is 5.89. The van der Waals surface area contributed by atoms with Crippen molar-refractivity contribution >= 4 is 11.9 Å². The lowest BCUT2D eigenvalue weighted by molar-refractivity contribution is -0.146. The highest BCUT2D eigenvalue weighted by atomic mass is 16.5. The standard InChI is InChI=1S/C8H13NO3/c1-4-7(10)9(3)6-8(11)12-5-2/h4H,1,5-6H2,2-3H3. The number of hydrogen-bond acceptors (Lipinski definition) is 3. The van der Waals surface area contributed by atoms with Gasteiger partial charge >= 0.3 is 5.97 Å². The predicted octanol–water partition coefficient (Wildman–Crippen LogP) is 0.194. The van der Waals surface area contributed by atoms with Crippen LogP contribution in [-0.2, 0) is 14.3 Å². The molecular formula is C8H13NO3. The molecule has 0 aromatic carbocycles. The Kier molecular flexibility index (Phi) is 4.76. The van der Waals surface area contributed by atoms with Crippen LogP contribution in [0.1, 0.15) is 6.92 Å². The van der Waals surface area contributed by atoms with Crippen LogP contribution < -0.4 is 0 Å². The summed E-state index contributed by atoms with van der Waals surface area (Å²) in [6.07, 6.45) is 1.15. The molecule has 68 valence electrons. The van der Waals surface area contributed by atoms with Crippen molar-refractivity contribution in [2.75, 3.05) is 20.2 Å². The maximum absolute atomic E-state index is 10.9. The van der Waals surface area contributed by atoms with Crippen molar-refractivity contribution in [2.45, 2.75) is 6.92 Å². The molecule has 0 radical (unpaired) electrons. The van der Waals surface area contributed by atoms with Crippen LogP contribution in [0.5, 0.6) is 0 Å². The second-order valence-corrected chi connectivity index (χ2v) is 2.20. The molecule has 0 saturated carbocycles. The molecule has 0 N–H and O–H groups in total. The third kappa shape index (κ3) is 3.75. The van der Waals surface area contributed by atoms with E-state index in [0.717, 1.165) is 6.08 Å². The van der Waals surface area contributed by atoms with Crippen LogP contribution in [0.25, 0.3) is 0 Å². The van der Waals surface area contributed by atoms with E-state index in [1.165, 1.54) is 11.9 Å². The lowest BCUT2D eigenvalue weighted by atomic mass is 10.5. The van der Waals surface area contributed by atoms with Gasteiger partial charge in [-0.3, -0.25) is 9.59 Å². The Morgan fingerprint density at radius 1 is 1.58 bits per heavy atom. The number of ether oxygens (including phenoxy) is 1. The van der Waals surface area contributed by atoms with Crippen molar-refractivity contribution in [1.82, 2.24) is 4.90 Å². The monoisotopic (exact) mass is 171 g/mol. The van der Waals surface area contributed by atoms with E-state index >= 15 is 0 Å². The molecule has 4 heteroatoms. The molecule has 0 aromatic heterocycles. The quantitative estimate of drug-likeness (QED) is 0.448. The highest BCUT2D eigenvalue weighted by Crippen LogP contribution is 1.87. The zero-order valence-electron chi connectivity index (χ0n) is 7.37.